The highest BCUT2D eigenvalue weighted by atomic mass is 16.3. The van der Waals surface area contributed by atoms with Gasteiger partial charge in [-0.05, 0) is 43.2 Å². The summed E-state index contributed by atoms with van der Waals surface area (Å²) in [6.45, 7) is 3.86. The molecule has 4 rings (SSSR count). The highest BCUT2D eigenvalue weighted by molar-refractivity contribution is 5.85. The molecule has 0 atom stereocenters. The van der Waals surface area contributed by atoms with Gasteiger partial charge in [0.25, 0.3) is 0 Å². The Labute approximate surface area is 157 Å². The highest BCUT2D eigenvalue weighted by Gasteiger charge is 2.09. The molecule has 136 valence electrons. The molecule has 6 heteroatoms. The molecule has 0 saturated carbocycles. The number of hydrogen-bond donors (Lipinski definition) is 3. The molecule has 0 spiro atoms. The van der Waals surface area contributed by atoms with E-state index in [2.05, 4.69) is 20.5 Å². The van der Waals surface area contributed by atoms with Gasteiger partial charge in [0.1, 0.15) is 11.6 Å². The molecule has 0 aliphatic carbocycles. The predicted molar refractivity (Wildman–Crippen MR) is 106 cm³/mol. The van der Waals surface area contributed by atoms with Crippen LogP contribution in [0.1, 0.15) is 28.3 Å². The van der Waals surface area contributed by atoms with Crippen LogP contribution in [0.25, 0.3) is 10.9 Å². The lowest BCUT2D eigenvalue weighted by Gasteiger charge is -2.12. The second kappa shape index (κ2) is 7.17. The largest absolute Gasteiger partial charge is 0.392 e. The van der Waals surface area contributed by atoms with Gasteiger partial charge < -0.3 is 10.4 Å². The van der Waals surface area contributed by atoms with Gasteiger partial charge in [-0.3, -0.25) is 5.10 Å². The molecule has 0 amide bonds. The molecule has 27 heavy (non-hydrogen) atoms. The van der Waals surface area contributed by atoms with Crippen LogP contribution in [0.15, 0.2) is 48.5 Å². The number of para-hydroxylation sites is 1. The fourth-order valence-corrected chi connectivity index (χ4v) is 3.11. The monoisotopic (exact) mass is 359 g/mol. The molecular formula is C21H21N5O. The van der Waals surface area contributed by atoms with E-state index in [0.29, 0.717) is 12.2 Å². The number of nitrogens with zero attached hydrogens (tertiary/aromatic N) is 3. The molecule has 0 aliphatic rings. The summed E-state index contributed by atoms with van der Waals surface area (Å²) in [6, 6.07) is 16.1. The minimum absolute atomic E-state index is 0.0680. The van der Waals surface area contributed by atoms with Gasteiger partial charge in [-0.25, -0.2) is 9.97 Å². The highest BCUT2D eigenvalue weighted by Crippen LogP contribution is 2.26. The predicted octanol–water partition coefficient (Wildman–Crippen LogP) is 3.80. The lowest BCUT2D eigenvalue weighted by atomic mass is 10.1. The van der Waals surface area contributed by atoms with Crippen LogP contribution in [0.5, 0.6) is 0 Å². The number of aliphatic hydroxyl groups is 1. The van der Waals surface area contributed by atoms with Crippen molar-refractivity contribution in [2.45, 2.75) is 26.9 Å². The Bertz CT molecular complexity index is 1090. The van der Waals surface area contributed by atoms with Gasteiger partial charge in [-0.15, -0.1) is 0 Å². The number of aromatic amines is 1. The van der Waals surface area contributed by atoms with Crippen LogP contribution in [-0.2, 0) is 13.0 Å². The van der Waals surface area contributed by atoms with E-state index in [9.17, 15) is 5.11 Å². The summed E-state index contributed by atoms with van der Waals surface area (Å²) >= 11 is 0. The fraction of sp³-hybridized carbons (Fsp3) is 0.190. The molecular weight excluding hydrogens is 338 g/mol. The average molecular weight is 359 g/mol. The Morgan fingerprint density at radius 2 is 1.85 bits per heavy atom. The SMILES string of the molecule is Cc1nc(Cc2ccc(Nc3nc4c(C)cccc4cc3CO)cc2)n[nH]1. The Morgan fingerprint density at radius 3 is 2.56 bits per heavy atom. The zero-order valence-electron chi connectivity index (χ0n) is 15.3. The molecule has 0 unspecified atom stereocenters. The van der Waals surface area contributed by atoms with Crippen LogP contribution in [0.4, 0.5) is 11.5 Å². The number of hydrogen-bond acceptors (Lipinski definition) is 5. The summed E-state index contributed by atoms with van der Waals surface area (Å²) in [7, 11) is 0. The summed E-state index contributed by atoms with van der Waals surface area (Å²) in [5.41, 5.74) is 4.86. The van der Waals surface area contributed by atoms with E-state index < -0.39 is 0 Å². The van der Waals surface area contributed by atoms with Gasteiger partial charge in [0.15, 0.2) is 5.82 Å². The number of anilines is 2. The van der Waals surface area contributed by atoms with Crippen molar-refractivity contribution in [1.29, 1.82) is 0 Å². The molecule has 0 aliphatic heterocycles. The first-order valence-electron chi connectivity index (χ1n) is 8.86. The van der Waals surface area contributed by atoms with Crippen LogP contribution in [0.3, 0.4) is 0 Å². The zero-order valence-corrected chi connectivity index (χ0v) is 15.3. The first-order valence-corrected chi connectivity index (χ1v) is 8.86. The van der Waals surface area contributed by atoms with Crippen molar-refractivity contribution in [3.8, 4) is 0 Å². The topological polar surface area (TPSA) is 86.7 Å². The van der Waals surface area contributed by atoms with E-state index in [4.69, 9.17) is 4.98 Å². The maximum absolute atomic E-state index is 9.74. The molecule has 4 aromatic rings. The Morgan fingerprint density at radius 1 is 1.04 bits per heavy atom. The van der Waals surface area contributed by atoms with Crippen LogP contribution >= 0.6 is 0 Å². The third-order valence-corrected chi connectivity index (χ3v) is 4.52. The van der Waals surface area contributed by atoms with Gasteiger partial charge in [0, 0.05) is 23.1 Å². The molecule has 3 N–H and O–H groups in total. The third kappa shape index (κ3) is 3.66. The summed E-state index contributed by atoms with van der Waals surface area (Å²) in [6.07, 6.45) is 0.680. The molecule has 0 fully saturated rings. The lowest BCUT2D eigenvalue weighted by molar-refractivity contribution is 0.282. The number of pyridine rings is 1. The van der Waals surface area contributed by atoms with E-state index in [1.165, 1.54) is 0 Å². The van der Waals surface area contributed by atoms with Crippen LogP contribution in [0, 0.1) is 13.8 Å². The summed E-state index contributed by atoms with van der Waals surface area (Å²) in [5.74, 6) is 2.27. The van der Waals surface area contributed by atoms with Crippen molar-refractivity contribution >= 4 is 22.4 Å². The van der Waals surface area contributed by atoms with Gasteiger partial charge in [-0.1, -0.05) is 30.3 Å². The number of aliphatic hydroxyl groups excluding tert-OH is 1. The summed E-state index contributed by atoms with van der Waals surface area (Å²) in [5, 5.41) is 21.1. The maximum atomic E-state index is 9.74. The molecule has 6 nitrogen and oxygen atoms in total. The number of rotatable bonds is 5. The molecule has 0 bridgehead atoms. The average Bonchev–Trinajstić information content (AvgIpc) is 3.08. The number of H-pyrrole nitrogens is 1. The van der Waals surface area contributed by atoms with E-state index in [0.717, 1.165) is 44.9 Å². The second-order valence-corrected chi connectivity index (χ2v) is 6.64. The van der Waals surface area contributed by atoms with Gasteiger partial charge in [-0.2, -0.15) is 5.10 Å². The minimum Gasteiger partial charge on any atom is -0.392 e. The van der Waals surface area contributed by atoms with Crippen LogP contribution in [0.2, 0.25) is 0 Å². The minimum atomic E-state index is -0.0680. The number of benzene rings is 2. The van der Waals surface area contributed by atoms with Gasteiger partial charge in [0.2, 0.25) is 0 Å². The Kier molecular flexibility index (Phi) is 4.56. The quantitative estimate of drug-likeness (QED) is 0.505. The van der Waals surface area contributed by atoms with E-state index in [-0.39, 0.29) is 6.61 Å². The van der Waals surface area contributed by atoms with Crippen molar-refractivity contribution in [1.82, 2.24) is 20.2 Å². The van der Waals surface area contributed by atoms with Crippen molar-refractivity contribution in [2.75, 3.05) is 5.32 Å². The summed E-state index contributed by atoms with van der Waals surface area (Å²) in [4.78, 5) is 9.07. The molecule has 2 aromatic carbocycles. The van der Waals surface area contributed by atoms with E-state index in [1.54, 1.807) is 0 Å². The maximum Gasteiger partial charge on any atom is 0.155 e. The smallest absolute Gasteiger partial charge is 0.155 e. The number of fused-ring (bicyclic) bond motifs is 1. The normalized spacial score (nSPS) is 11.1. The first kappa shape index (κ1) is 17.2. The summed E-state index contributed by atoms with van der Waals surface area (Å²) < 4.78 is 0. The molecule has 0 radical (unpaired) electrons. The van der Waals surface area contributed by atoms with Crippen molar-refractivity contribution in [3.05, 3.63) is 76.9 Å². The van der Waals surface area contributed by atoms with Crippen LogP contribution in [-0.4, -0.2) is 25.3 Å². The molecule has 2 aromatic heterocycles. The van der Waals surface area contributed by atoms with Crippen molar-refractivity contribution in [3.63, 3.8) is 0 Å². The standard InChI is InChI=1S/C21H21N5O/c1-13-4-3-5-16-11-17(12-27)21(24-20(13)16)23-18-8-6-15(7-9-18)10-19-22-14(2)25-26-19/h3-9,11,27H,10,12H2,1-2H3,(H,23,24)(H,22,25,26). The number of nitrogens with one attached hydrogen (secondary N) is 2. The number of aromatic nitrogens is 4. The first-order chi connectivity index (χ1) is 13.1. The van der Waals surface area contributed by atoms with E-state index in [1.807, 2.05) is 62.4 Å². The Hall–Kier alpha value is -3.25. The van der Waals surface area contributed by atoms with E-state index >= 15 is 0 Å². The lowest BCUT2D eigenvalue weighted by Crippen LogP contribution is -2.01. The second-order valence-electron chi connectivity index (χ2n) is 6.64. The molecule has 0 saturated heterocycles. The zero-order chi connectivity index (χ0) is 18.8. The fourth-order valence-electron chi connectivity index (χ4n) is 3.11. The van der Waals surface area contributed by atoms with Crippen molar-refractivity contribution in [2.24, 2.45) is 0 Å². The van der Waals surface area contributed by atoms with Gasteiger partial charge >= 0.3 is 0 Å². The third-order valence-electron chi connectivity index (χ3n) is 4.52. The molecule has 2 heterocycles. The van der Waals surface area contributed by atoms with Gasteiger partial charge in [0.05, 0.1) is 12.1 Å². The number of aryl methyl sites for hydroxylation is 2. The van der Waals surface area contributed by atoms with Crippen LogP contribution < -0.4 is 5.32 Å². The van der Waals surface area contributed by atoms with Crippen molar-refractivity contribution < 1.29 is 5.11 Å². The Balaban J connectivity index is 1.59.